The monoisotopic (exact) mass is 773 g/mol. The third-order valence-corrected chi connectivity index (χ3v) is 10.9. The first kappa shape index (κ1) is 41.7. The van der Waals surface area contributed by atoms with E-state index in [-0.39, 0.29) is 49.9 Å². The van der Waals surface area contributed by atoms with Crippen molar-refractivity contribution in [2.75, 3.05) is 19.5 Å². The number of aromatic hydroxyl groups is 2. The van der Waals surface area contributed by atoms with Crippen LogP contribution in [0.2, 0.25) is 0 Å². The number of benzene rings is 2. The molecule has 2 bridgehead atoms. The largest absolute Gasteiger partial charge is 0.507 e. The number of aliphatic hydroxyl groups excluding tert-OH is 2. The van der Waals surface area contributed by atoms with Crippen LogP contribution in [0.1, 0.15) is 63.0 Å². The van der Waals surface area contributed by atoms with E-state index < -0.39 is 77.4 Å². The molecule has 5 rings (SSSR count). The molecule has 5 N–H and O–H groups in total. The van der Waals surface area contributed by atoms with Gasteiger partial charge in [0.25, 0.3) is 5.91 Å². The van der Waals surface area contributed by atoms with E-state index in [1.54, 1.807) is 69.5 Å². The van der Waals surface area contributed by atoms with Gasteiger partial charge in [0, 0.05) is 60.4 Å². The van der Waals surface area contributed by atoms with Crippen molar-refractivity contribution in [1.82, 2.24) is 9.38 Å². The van der Waals surface area contributed by atoms with Crippen molar-refractivity contribution in [2.24, 2.45) is 23.7 Å². The van der Waals surface area contributed by atoms with E-state index in [2.05, 4.69) is 5.32 Å². The highest BCUT2D eigenvalue weighted by atomic mass is 16.5. The van der Waals surface area contributed by atoms with Gasteiger partial charge in [0.2, 0.25) is 0 Å². The van der Waals surface area contributed by atoms with Crippen LogP contribution in [0.15, 0.2) is 54.5 Å². The Hall–Kier alpha value is -5.44. The minimum absolute atomic E-state index is 0.0138. The number of carbonyl (C=O) groups is 3. The summed E-state index contributed by atoms with van der Waals surface area (Å²) < 4.78 is 24.5. The molecule has 1 aliphatic heterocycles. The minimum Gasteiger partial charge on any atom is -0.507 e. The lowest BCUT2D eigenvalue weighted by Crippen LogP contribution is -2.46. The molecule has 2 aromatic carbocycles. The number of nitrogens with one attached hydrogen (secondary N) is 1. The van der Waals surface area contributed by atoms with Crippen LogP contribution < -0.4 is 10.1 Å². The Kier molecular flexibility index (Phi) is 12.5. The quantitative estimate of drug-likeness (QED) is 0.120. The molecule has 1 aliphatic rings. The number of pyridine rings is 1. The molecule has 1 amide bonds. The number of phenols is 2. The Labute approximate surface area is 325 Å². The number of allylic oxidation sites excluding steroid dienone is 2. The van der Waals surface area contributed by atoms with Gasteiger partial charge in [-0.2, -0.15) is 0 Å². The average molecular weight is 774 g/mol. The molecule has 4 aromatic rings. The molecule has 8 atom stereocenters. The standard InChI is InChI=1S/C42H51N3O11/c1-19-14-16-45-28(18-19)43-32-29-30-37(49)25(7)40(54-10)31(29)42(52)55-17-15-27(53-9)22(4)39(56-26(8)46)24(6)36(48)23(5)35(47)20(2)12-11-13-21(3)41(51)44-33(34(32)45)38(30)50/h11-18,20,22-24,27,35-36,39,47-50H,1-10H3,(H,44,51)/b12-11+,17-15+,21-13-. The number of cyclic esters (lactones) is 1. The molecule has 0 saturated heterocycles. The minimum atomic E-state index is -1.12. The first-order valence-corrected chi connectivity index (χ1v) is 18.4. The summed E-state index contributed by atoms with van der Waals surface area (Å²) in [6.07, 6.45) is 5.31. The molecule has 2 aromatic heterocycles. The van der Waals surface area contributed by atoms with Crippen LogP contribution in [-0.4, -0.2) is 86.3 Å². The second-order valence-corrected chi connectivity index (χ2v) is 14.7. The number of aliphatic hydroxyl groups is 2. The van der Waals surface area contributed by atoms with Gasteiger partial charge in [-0.15, -0.1) is 0 Å². The topological polar surface area (TPSA) is 198 Å². The molecule has 0 aliphatic carbocycles. The van der Waals surface area contributed by atoms with E-state index in [1.807, 2.05) is 13.0 Å². The first-order valence-electron chi connectivity index (χ1n) is 18.4. The fourth-order valence-corrected chi connectivity index (χ4v) is 7.58. The van der Waals surface area contributed by atoms with Crippen molar-refractivity contribution in [3.05, 3.63) is 71.2 Å². The van der Waals surface area contributed by atoms with Crippen LogP contribution >= 0.6 is 0 Å². The van der Waals surface area contributed by atoms with Crippen LogP contribution in [-0.2, 0) is 23.8 Å². The number of aryl methyl sites for hydroxylation is 1. The third kappa shape index (κ3) is 7.68. The van der Waals surface area contributed by atoms with Crippen molar-refractivity contribution in [2.45, 2.75) is 79.8 Å². The SMILES string of the molecule is COc1c(C)c(O)c2c(O)c3c4c(nc5cc(C)ccn54)c2c1C(=O)O/C=C/C(OC)C(C)C(OC(C)=O)C(C)C(O)C(C)C(O)C(C)/C=C/C=C(/C)C(=O)N3. The highest BCUT2D eigenvalue weighted by Gasteiger charge is 2.39. The number of aromatic nitrogens is 2. The van der Waals surface area contributed by atoms with Gasteiger partial charge < -0.3 is 44.7 Å². The van der Waals surface area contributed by atoms with Crippen LogP contribution in [0.5, 0.6) is 17.2 Å². The number of carbonyl (C=O) groups excluding carboxylic acids is 3. The number of anilines is 1. The number of phenolic OH excluding ortho intramolecular Hbond substituents is 2. The molecule has 14 nitrogen and oxygen atoms in total. The van der Waals surface area contributed by atoms with Crippen molar-refractivity contribution < 1.29 is 53.8 Å². The van der Waals surface area contributed by atoms with E-state index in [9.17, 15) is 34.8 Å². The number of nitrogens with zero attached hydrogens (tertiary/aromatic N) is 2. The molecular weight excluding hydrogens is 722 g/mol. The molecule has 0 radical (unpaired) electrons. The Bertz CT molecular complexity index is 2270. The lowest BCUT2D eigenvalue weighted by Gasteiger charge is -2.38. The van der Waals surface area contributed by atoms with Gasteiger partial charge >= 0.3 is 11.9 Å². The maximum Gasteiger partial charge on any atom is 0.347 e. The Morgan fingerprint density at radius 1 is 0.946 bits per heavy atom. The van der Waals surface area contributed by atoms with E-state index >= 15 is 0 Å². The molecule has 3 heterocycles. The predicted octanol–water partition coefficient (Wildman–Crippen LogP) is 6.02. The Morgan fingerprint density at radius 3 is 2.29 bits per heavy atom. The maximum atomic E-state index is 14.2. The molecule has 8 unspecified atom stereocenters. The fraction of sp³-hybridized carbons (Fsp3) is 0.429. The second-order valence-electron chi connectivity index (χ2n) is 14.7. The van der Waals surface area contributed by atoms with E-state index in [1.165, 1.54) is 34.1 Å². The lowest BCUT2D eigenvalue weighted by atomic mass is 9.78. The number of hydrogen-bond acceptors (Lipinski definition) is 12. The first-order chi connectivity index (χ1) is 26.4. The summed E-state index contributed by atoms with van der Waals surface area (Å²) in [5, 5.41) is 49.0. The highest BCUT2D eigenvalue weighted by Crippen LogP contribution is 2.51. The highest BCUT2D eigenvalue weighted by molar-refractivity contribution is 6.26. The summed E-state index contributed by atoms with van der Waals surface area (Å²) in [6.45, 7) is 13.2. The number of esters is 2. The smallest absolute Gasteiger partial charge is 0.347 e. The second kappa shape index (κ2) is 16.7. The fourth-order valence-electron chi connectivity index (χ4n) is 7.58. The summed E-state index contributed by atoms with van der Waals surface area (Å²) in [5.41, 5.74) is 1.81. The number of ether oxygens (including phenoxy) is 4. The molecule has 14 heteroatoms. The summed E-state index contributed by atoms with van der Waals surface area (Å²) in [4.78, 5) is 45.2. The number of imidazole rings is 1. The molecule has 0 saturated carbocycles. The van der Waals surface area contributed by atoms with Gasteiger partial charge in [-0.3, -0.25) is 14.0 Å². The number of hydrogen-bond donors (Lipinski definition) is 5. The average Bonchev–Trinajstić information content (AvgIpc) is 3.54. The van der Waals surface area contributed by atoms with E-state index in [4.69, 9.17) is 23.9 Å². The normalized spacial score (nSPS) is 27.8. The Balaban J connectivity index is 1.80. The van der Waals surface area contributed by atoms with Crippen molar-refractivity contribution in [3.63, 3.8) is 0 Å². The van der Waals surface area contributed by atoms with E-state index in [0.717, 1.165) is 11.8 Å². The van der Waals surface area contributed by atoms with Crippen molar-refractivity contribution in [1.29, 1.82) is 0 Å². The van der Waals surface area contributed by atoms with Gasteiger partial charge in [-0.25, -0.2) is 9.78 Å². The molecule has 300 valence electrons. The van der Waals surface area contributed by atoms with E-state index in [0.29, 0.717) is 5.65 Å². The van der Waals surface area contributed by atoms with Crippen LogP contribution in [0.4, 0.5) is 5.69 Å². The maximum absolute atomic E-state index is 14.2. The number of methoxy groups -OCH3 is 2. The zero-order chi connectivity index (χ0) is 41.3. The number of rotatable bonds is 3. The summed E-state index contributed by atoms with van der Waals surface area (Å²) in [7, 11) is 2.76. The summed E-state index contributed by atoms with van der Waals surface area (Å²) in [6, 6.07) is 3.60. The van der Waals surface area contributed by atoms with Crippen LogP contribution in [0.3, 0.4) is 0 Å². The molecule has 0 fully saturated rings. The third-order valence-electron chi connectivity index (χ3n) is 10.9. The Morgan fingerprint density at radius 2 is 1.64 bits per heavy atom. The lowest BCUT2D eigenvalue weighted by molar-refractivity contribution is -0.160. The van der Waals surface area contributed by atoms with Gasteiger partial charge in [0.05, 0.1) is 37.1 Å². The van der Waals surface area contributed by atoms with Crippen LogP contribution in [0, 0.1) is 37.5 Å². The zero-order valence-electron chi connectivity index (χ0n) is 33.3. The van der Waals surface area contributed by atoms with Gasteiger partial charge in [-0.1, -0.05) is 45.9 Å². The molecule has 0 spiro atoms. The van der Waals surface area contributed by atoms with Gasteiger partial charge in [0.1, 0.15) is 45.5 Å². The molecule has 56 heavy (non-hydrogen) atoms. The molecular formula is C42H51N3O11. The summed E-state index contributed by atoms with van der Waals surface area (Å²) >= 11 is 0. The van der Waals surface area contributed by atoms with Gasteiger partial charge in [-0.05, 0) is 44.5 Å². The summed E-state index contributed by atoms with van der Waals surface area (Å²) in [5.74, 6) is -5.49. The zero-order valence-corrected chi connectivity index (χ0v) is 33.3. The predicted molar refractivity (Wildman–Crippen MR) is 211 cm³/mol. The van der Waals surface area contributed by atoms with Crippen molar-refractivity contribution >= 4 is 51.0 Å². The van der Waals surface area contributed by atoms with Gasteiger partial charge in [0.15, 0.2) is 5.75 Å². The number of fused-ring (bicyclic) bond motifs is 1. The van der Waals surface area contributed by atoms with Crippen molar-refractivity contribution in [3.8, 4) is 17.2 Å². The number of amides is 1. The van der Waals surface area contributed by atoms with Crippen LogP contribution in [0.25, 0.3) is 27.5 Å².